The summed E-state index contributed by atoms with van der Waals surface area (Å²) in [5, 5.41) is 6.64. The third-order valence-corrected chi connectivity index (χ3v) is 4.04. The third kappa shape index (κ3) is 3.95. The van der Waals surface area contributed by atoms with Crippen molar-refractivity contribution in [2.45, 2.75) is 70.1 Å². The first-order chi connectivity index (χ1) is 8.79. The van der Waals surface area contributed by atoms with Gasteiger partial charge in [0.15, 0.2) is 0 Å². The summed E-state index contributed by atoms with van der Waals surface area (Å²) < 4.78 is 5.52. The van der Waals surface area contributed by atoms with Crippen LogP contribution in [0, 0.1) is 0 Å². The van der Waals surface area contributed by atoms with E-state index in [1.807, 2.05) is 0 Å². The molecule has 0 radical (unpaired) electrons. The van der Waals surface area contributed by atoms with Crippen molar-refractivity contribution in [3.8, 4) is 0 Å². The highest BCUT2D eigenvalue weighted by Crippen LogP contribution is 2.19. The van der Waals surface area contributed by atoms with Crippen LogP contribution in [0.1, 0.15) is 51.9 Å². The summed E-state index contributed by atoms with van der Waals surface area (Å²) in [4.78, 5) is 12.0. The van der Waals surface area contributed by atoms with Crippen LogP contribution in [-0.2, 0) is 9.53 Å². The standard InChI is InChI=1S/C14H26N2O2/c1-2-15-11-6-8-12(9-7-11)16-14(17)13-5-3-4-10-18-13/h11-13,15H,2-10H2,1H3,(H,16,17). The fourth-order valence-electron chi connectivity index (χ4n) is 2.97. The molecule has 2 N–H and O–H groups in total. The molecular formula is C14H26N2O2. The lowest BCUT2D eigenvalue weighted by molar-refractivity contribution is -0.136. The first-order valence-electron chi connectivity index (χ1n) is 7.45. The lowest BCUT2D eigenvalue weighted by atomic mass is 9.91. The molecule has 0 spiro atoms. The average molecular weight is 254 g/mol. The summed E-state index contributed by atoms with van der Waals surface area (Å²) in [6.45, 7) is 3.93. The second-order valence-electron chi connectivity index (χ2n) is 5.47. The normalized spacial score (nSPS) is 33.1. The summed E-state index contributed by atoms with van der Waals surface area (Å²) in [5.74, 6) is 0.113. The Balaban J connectivity index is 1.68. The zero-order chi connectivity index (χ0) is 12.8. The zero-order valence-corrected chi connectivity index (χ0v) is 11.4. The number of carbonyl (C=O) groups is 1. The molecule has 1 aliphatic carbocycles. The van der Waals surface area contributed by atoms with Gasteiger partial charge in [0.25, 0.3) is 0 Å². The van der Waals surface area contributed by atoms with Gasteiger partial charge in [-0.2, -0.15) is 0 Å². The predicted molar refractivity (Wildman–Crippen MR) is 71.5 cm³/mol. The summed E-state index contributed by atoms with van der Waals surface area (Å²) in [6, 6.07) is 1.01. The van der Waals surface area contributed by atoms with Crippen molar-refractivity contribution in [2.75, 3.05) is 13.2 Å². The molecular weight excluding hydrogens is 228 g/mol. The van der Waals surface area contributed by atoms with E-state index < -0.39 is 0 Å². The Labute approximate surface area is 110 Å². The van der Waals surface area contributed by atoms with Crippen LogP contribution in [-0.4, -0.2) is 37.2 Å². The largest absolute Gasteiger partial charge is 0.368 e. The van der Waals surface area contributed by atoms with E-state index in [1.165, 1.54) is 12.8 Å². The van der Waals surface area contributed by atoms with Crippen LogP contribution in [0.15, 0.2) is 0 Å². The van der Waals surface area contributed by atoms with Gasteiger partial charge in [-0.15, -0.1) is 0 Å². The first-order valence-corrected chi connectivity index (χ1v) is 7.45. The van der Waals surface area contributed by atoms with E-state index in [0.29, 0.717) is 12.1 Å². The number of hydrogen-bond acceptors (Lipinski definition) is 3. The van der Waals surface area contributed by atoms with Crippen LogP contribution in [0.2, 0.25) is 0 Å². The Bertz CT molecular complexity index is 257. The van der Waals surface area contributed by atoms with Crippen molar-refractivity contribution in [3.05, 3.63) is 0 Å². The number of ether oxygens (including phenoxy) is 1. The molecule has 104 valence electrons. The van der Waals surface area contributed by atoms with Gasteiger partial charge in [0.05, 0.1) is 0 Å². The summed E-state index contributed by atoms with van der Waals surface area (Å²) in [5.41, 5.74) is 0. The highest BCUT2D eigenvalue weighted by atomic mass is 16.5. The molecule has 1 saturated heterocycles. The molecule has 0 aromatic carbocycles. The predicted octanol–water partition coefficient (Wildman–Crippen LogP) is 1.59. The highest BCUT2D eigenvalue weighted by Gasteiger charge is 2.26. The van der Waals surface area contributed by atoms with Crippen molar-refractivity contribution in [1.82, 2.24) is 10.6 Å². The molecule has 18 heavy (non-hydrogen) atoms. The van der Waals surface area contributed by atoms with Crippen molar-refractivity contribution in [1.29, 1.82) is 0 Å². The quantitative estimate of drug-likeness (QED) is 0.801. The van der Waals surface area contributed by atoms with E-state index >= 15 is 0 Å². The number of nitrogens with one attached hydrogen (secondary N) is 2. The lowest BCUT2D eigenvalue weighted by Crippen LogP contribution is -2.46. The lowest BCUT2D eigenvalue weighted by Gasteiger charge is -2.31. The Morgan fingerprint density at radius 1 is 1.11 bits per heavy atom. The van der Waals surface area contributed by atoms with Gasteiger partial charge in [-0.05, 0) is 51.5 Å². The molecule has 1 atom stereocenters. The van der Waals surface area contributed by atoms with Gasteiger partial charge in [-0.3, -0.25) is 4.79 Å². The molecule has 0 aromatic rings. The second-order valence-corrected chi connectivity index (χ2v) is 5.47. The third-order valence-electron chi connectivity index (χ3n) is 4.04. The first kappa shape index (κ1) is 13.8. The van der Waals surface area contributed by atoms with Gasteiger partial charge in [0, 0.05) is 18.7 Å². The maximum Gasteiger partial charge on any atom is 0.249 e. The molecule has 1 heterocycles. The second kappa shape index (κ2) is 7.10. The van der Waals surface area contributed by atoms with Gasteiger partial charge >= 0.3 is 0 Å². The van der Waals surface area contributed by atoms with Crippen molar-refractivity contribution < 1.29 is 9.53 Å². The average Bonchev–Trinajstić information content (AvgIpc) is 2.42. The SMILES string of the molecule is CCNC1CCC(NC(=O)C2CCCCO2)CC1. The number of rotatable bonds is 4. The van der Waals surface area contributed by atoms with E-state index in [0.717, 1.165) is 45.3 Å². The van der Waals surface area contributed by atoms with Crippen LogP contribution < -0.4 is 10.6 Å². The summed E-state index contributed by atoms with van der Waals surface area (Å²) in [6.07, 6.45) is 7.44. The number of hydrogen-bond donors (Lipinski definition) is 2. The zero-order valence-electron chi connectivity index (χ0n) is 11.4. The molecule has 0 aromatic heterocycles. The number of carbonyl (C=O) groups excluding carboxylic acids is 1. The molecule has 2 rings (SSSR count). The van der Waals surface area contributed by atoms with Crippen LogP contribution in [0.3, 0.4) is 0 Å². The minimum Gasteiger partial charge on any atom is -0.368 e. The van der Waals surface area contributed by atoms with Crippen LogP contribution in [0.4, 0.5) is 0 Å². The van der Waals surface area contributed by atoms with Gasteiger partial charge < -0.3 is 15.4 Å². The maximum atomic E-state index is 12.0. The monoisotopic (exact) mass is 254 g/mol. The Morgan fingerprint density at radius 3 is 2.44 bits per heavy atom. The van der Waals surface area contributed by atoms with E-state index in [4.69, 9.17) is 4.74 Å². The van der Waals surface area contributed by atoms with Crippen molar-refractivity contribution >= 4 is 5.91 Å². The molecule has 1 aliphatic heterocycles. The smallest absolute Gasteiger partial charge is 0.249 e. The van der Waals surface area contributed by atoms with E-state index in [1.54, 1.807) is 0 Å². The summed E-state index contributed by atoms with van der Waals surface area (Å²) >= 11 is 0. The van der Waals surface area contributed by atoms with E-state index in [2.05, 4.69) is 17.6 Å². The van der Waals surface area contributed by atoms with Gasteiger partial charge in [0.1, 0.15) is 6.10 Å². The van der Waals surface area contributed by atoms with Crippen molar-refractivity contribution in [3.63, 3.8) is 0 Å². The molecule has 0 bridgehead atoms. The van der Waals surface area contributed by atoms with E-state index in [-0.39, 0.29) is 12.0 Å². The Morgan fingerprint density at radius 2 is 1.83 bits per heavy atom. The van der Waals surface area contributed by atoms with Gasteiger partial charge in [-0.25, -0.2) is 0 Å². The van der Waals surface area contributed by atoms with E-state index in [9.17, 15) is 4.79 Å². The molecule has 4 nitrogen and oxygen atoms in total. The highest BCUT2D eigenvalue weighted by molar-refractivity contribution is 5.81. The van der Waals surface area contributed by atoms with Crippen molar-refractivity contribution in [2.24, 2.45) is 0 Å². The minimum atomic E-state index is -0.190. The minimum absolute atomic E-state index is 0.113. The molecule has 1 unspecified atom stereocenters. The fourth-order valence-corrected chi connectivity index (χ4v) is 2.97. The molecule has 4 heteroatoms. The fraction of sp³-hybridized carbons (Fsp3) is 0.929. The van der Waals surface area contributed by atoms with Crippen LogP contribution >= 0.6 is 0 Å². The van der Waals surface area contributed by atoms with Gasteiger partial charge in [0.2, 0.25) is 5.91 Å². The molecule has 1 amide bonds. The van der Waals surface area contributed by atoms with Crippen LogP contribution in [0.25, 0.3) is 0 Å². The summed E-state index contributed by atoms with van der Waals surface area (Å²) in [7, 11) is 0. The topological polar surface area (TPSA) is 50.4 Å². The molecule has 2 aliphatic rings. The Hall–Kier alpha value is -0.610. The van der Waals surface area contributed by atoms with Crippen LogP contribution in [0.5, 0.6) is 0 Å². The molecule has 2 fully saturated rings. The molecule has 1 saturated carbocycles. The maximum absolute atomic E-state index is 12.0. The Kier molecular flexibility index (Phi) is 5.45. The van der Waals surface area contributed by atoms with Gasteiger partial charge in [-0.1, -0.05) is 6.92 Å². The number of amides is 1.